The Hall–Kier alpha value is -0.940. The van der Waals surface area contributed by atoms with Crippen LogP contribution in [-0.2, 0) is 0 Å². The predicted molar refractivity (Wildman–Crippen MR) is 62.8 cm³/mol. The van der Waals surface area contributed by atoms with Gasteiger partial charge in [0.05, 0.1) is 5.56 Å². The zero-order valence-corrected chi connectivity index (χ0v) is 10.2. The molecule has 2 N–H and O–H groups in total. The second-order valence-electron chi connectivity index (χ2n) is 3.79. The molecule has 1 aromatic rings. The molecule has 0 saturated carbocycles. The Morgan fingerprint density at radius 1 is 1.56 bits per heavy atom. The zero-order valence-electron chi connectivity index (χ0n) is 8.59. The summed E-state index contributed by atoms with van der Waals surface area (Å²) in [4.78, 5) is 11.8. The van der Waals surface area contributed by atoms with E-state index >= 15 is 0 Å². The number of amides is 1. The Morgan fingerprint density at radius 2 is 2.38 bits per heavy atom. The maximum Gasteiger partial charge on any atom is 0.254 e. The lowest BCUT2D eigenvalue weighted by Crippen LogP contribution is -2.36. The molecule has 0 bridgehead atoms. The van der Waals surface area contributed by atoms with Gasteiger partial charge in [-0.25, -0.2) is 4.39 Å². The van der Waals surface area contributed by atoms with Crippen LogP contribution in [0.5, 0.6) is 0 Å². The van der Waals surface area contributed by atoms with Crippen LogP contribution in [0.25, 0.3) is 0 Å². The Balaban J connectivity index is 2.10. The Morgan fingerprint density at radius 3 is 3.06 bits per heavy atom. The zero-order chi connectivity index (χ0) is 11.5. The predicted octanol–water partition coefficient (Wildman–Crippen LogP) is 1.68. The molecule has 2 rings (SSSR count). The van der Waals surface area contributed by atoms with Gasteiger partial charge in [0.1, 0.15) is 5.82 Å². The molecular weight excluding hydrogens is 275 g/mol. The van der Waals surface area contributed by atoms with Crippen molar-refractivity contribution in [1.82, 2.24) is 10.6 Å². The lowest BCUT2D eigenvalue weighted by atomic mass is 10.1. The van der Waals surface area contributed by atoms with Crippen LogP contribution < -0.4 is 10.6 Å². The summed E-state index contributed by atoms with van der Waals surface area (Å²) in [7, 11) is 0. The molecule has 16 heavy (non-hydrogen) atoms. The third kappa shape index (κ3) is 2.59. The van der Waals surface area contributed by atoms with Crippen molar-refractivity contribution in [2.45, 2.75) is 12.5 Å². The molecule has 1 saturated heterocycles. The third-order valence-electron chi connectivity index (χ3n) is 2.57. The van der Waals surface area contributed by atoms with Crippen LogP contribution in [0, 0.1) is 5.82 Å². The molecule has 1 aliphatic heterocycles. The van der Waals surface area contributed by atoms with E-state index in [0.717, 1.165) is 19.5 Å². The van der Waals surface area contributed by atoms with Crippen molar-refractivity contribution in [1.29, 1.82) is 0 Å². The molecule has 5 heteroatoms. The first kappa shape index (κ1) is 11.5. The maximum absolute atomic E-state index is 13.4. The van der Waals surface area contributed by atoms with Crippen molar-refractivity contribution in [2.75, 3.05) is 13.1 Å². The Kier molecular flexibility index (Phi) is 3.56. The third-order valence-corrected chi connectivity index (χ3v) is 3.06. The van der Waals surface area contributed by atoms with Crippen LogP contribution in [0.4, 0.5) is 4.39 Å². The van der Waals surface area contributed by atoms with Gasteiger partial charge >= 0.3 is 0 Å². The van der Waals surface area contributed by atoms with E-state index in [0.29, 0.717) is 4.47 Å². The first-order valence-electron chi connectivity index (χ1n) is 5.13. The molecule has 3 nitrogen and oxygen atoms in total. The molecule has 0 radical (unpaired) electrons. The summed E-state index contributed by atoms with van der Waals surface area (Å²) in [6.45, 7) is 1.65. The molecule has 86 valence electrons. The van der Waals surface area contributed by atoms with Crippen molar-refractivity contribution < 1.29 is 9.18 Å². The summed E-state index contributed by atoms with van der Waals surface area (Å²) in [5.41, 5.74) is 0.0845. The highest BCUT2D eigenvalue weighted by molar-refractivity contribution is 9.10. The van der Waals surface area contributed by atoms with Gasteiger partial charge in [-0.15, -0.1) is 0 Å². The molecule has 1 amide bonds. The first-order valence-corrected chi connectivity index (χ1v) is 5.93. The molecule has 0 aliphatic carbocycles. The van der Waals surface area contributed by atoms with Crippen molar-refractivity contribution >= 4 is 21.8 Å². The number of carbonyl (C=O) groups excluding carboxylic acids is 1. The second kappa shape index (κ2) is 4.93. The maximum atomic E-state index is 13.4. The standard InChI is InChI=1S/C11H12BrFN2O/c12-7-1-2-10(13)9(5-7)11(16)15-8-3-4-14-6-8/h1-2,5,8,14H,3-4,6H2,(H,15,16)/t8-/m1/s1. The minimum atomic E-state index is -0.494. The van der Waals surface area contributed by atoms with E-state index in [4.69, 9.17) is 0 Å². The van der Waals surface area contributed by atoms with Gasteiger partial charge in [-0.1, -0.05) is 15.9 Å². The average molecular weight is 287 g/mol. The topological polar surface area (TPSA) is 41.1 Å². The van der Waals surface area contributed by atoms with Gasteiger partial charge in [-0.3, -0.25) is 4.79 Å². The molecular formula is C11H12BrFN2O. The molecule has 0 spiro atoms. The molecule has 0 aromatic heterocycles. The van der Waals surface area contributed by atoms with Crippen LogP contribution >= 0.6 is 15.9 Å². The van der Waals surface area contributed by atoms with Crippen LogP contribution in [0.15, 0.2) is 22.7 Å². The molecule has 0 unspecified atom stereocenters. The number of nitrogens with one attached hydrogen (secondary N) is 2. The summed E-state index contributed by atoms with van der Waals surface area (Å²) in [6.07, 6.45) is 0.890. The smallest absolute Gasteiger partial charge is 0.254 e. The van der Waals surface area contributed by atoms with Crippen LogP contribution in [0.1, 0.15) is 16.8 Å². The summed E-state index contributed by atoms with van der Waals surface area (Å²) in [6, 6.07) is 4.45. The fraction of sp³-hybridized carbons (Fsp3) is 0.364. The van der Waals surface area contributed by atoms with Crippen molar-refractivity contribution in [3.63, 3.8) is 0 Å². The van der Waals surface area contributed by atoms with E-state index in [-0.39, 0.29) is 17.5 Å². The fourth-order valence-corrected chi connectivity index (χ4v) is 2.07. The number of benzene rings is 1. The van der Waals surface area contributed by atoms with Crippen molar-refractivity contribution in [3.8, 4) is 0 Å². The van der Waals surface area contributed by atoms with Gasteiger partial charge in [0.25, 0.3) is 5.91 Å². The van der Waals surface area contributed by atoms with E-state index in [1.54, 1.807) is 6.07 Å². The first-order chi connectivity index (χ1) is 7.66. The quantitative estimate of drug-likeness (QED) is 0.869. The van der Waals surface area contributed by atoms with Crippen molar-refractivity contribution in [3.05, 3.63) is 34.1 Å². The van der Waals surface area contributed by atoms with Gasteiger partial charge in [-0.05, 0) is 31.2 Å². The van der Waals surface area contributed by atoms with E-state index in [2.05, 4.69) is 26.6 Å². The molecule has 1 aliphatic rings. The second-order valence-corrected chi connectivity index (χ2v) is 4.70. The summed E-state index contributed by atoms with van der Waals surface area (Å²) >= 11 is 3.22. The van der Waals surface area contributed by atoms with Crippen LogP contribution in [0.2, 0.25) is 0 Å². The van der Waals surface area contributed by atoms with E-state index in [1.807, 2.05) is 0 Å². The minimum absolute atomic E-state index is 0.0845. The summed E-state index contributed by atoms with van der Waals surface area (Å²) in [5, 5.41) is 5.94. The number of rotatable bonds is 2. The Bertz CT molecular complexity index is 405. The van der Waals surface area contributed by atoms with E-state index in [1.165, 1.54) is 12.1 Å². The van der Waals surface area contributed by atoms with E-state index in [9.17, 15) is 9.18 Å². The average Bonchev–Trinajstić information content (AvgIpc) is 2.74. The fourth-order valence-electron chi connectivity index (χ4n) is 1.71. The van der Waals surface area contributed by atoms with E-state index < -0.39 is 5.82 Å². The minimum Gasteiger partial charge on any atom is -0.348 e. The van der Waals surface area contributed by atoms with Gasteiger partial charge in [0.2, 0.25) is 0 Å². The lowest BCUT2D eigenvalue weighted by Gasteiger charge is -2.11. The largest absolute Gasteiger partial charge is 0.348 e. The van der Waals surface area contributed by atoms with Gasteiger partial charge in [0.15, 0.2) is 0 Å². The number of hydrogen-bond acceptors (Lipinski definition) is 2. The highest BCUT2D eigenvalue weighted by atomic mass is 79.9. The number of hydrogen-bond donors (Lipinski definition) is 2. The molecule has 1 heterocycles. The lowest BCUT2D eigenvalue weighted by molar-refractivity contribution is 0.0936. The SMILES string of the molecule is O=C(N[C@@H]1CCNC1)c1cc(Br)ccc1F. The van der Waals surface area contributed by atoms with Gasteiger partial charge < -0.3 is 10.6 Å². The normalized spacial score (nSPS) is 19.8. The molecule has 1 fully saturated rings. The summed E-state index contributed by atoms with van der Waals surface area (Å²) in [5.74, 6) is -0.848. The summed E-state index contributed by atoms with van der Waals surface area (Å²) < 4.78 is 14.1. The number of halogens is 2. The molecule has 1 atom stereocenters. The van der Waals surface area contributed by atoms with Crippen LogP contribution in [0.3, 0.4) is 0 Å². The Labute approximate surface area is 102 Å². The van der Waals surface area contributed by atoms with Crippen molar-refractivity contribution in [2.24, 2.45) is 0 Å². The van der Waals surface area contributed by atoms with Crippen LogP contribution in [-0.4, -0.2) is 25.0 Å². The molecule has 1 aromatic carbocycles. The van der Waals surface area contributed by atoms with Gasteiger partial charge in [-0.2, -0.15) is 0 Å². The highest BCUT2D eigenvalue weighted by Gasteiger charge is 2.19. The van der Waals surface area contributed by atoms with Gasteiger partial charge in [0, 0.05) is 17.1 Å². The monoisotopic (exact) mass is 286 g/mol. The number of carbonyl (C=O) groups is 1. The highest BCUT2D eigenvalue weighted by Crippen LogP contribution is 2.15.